The molecule has 0 aliphatic heterocycles. The Hall–Kier alpha value is -1.33. The minimum atomic E-state index is -0.273. The number of carbonyl (C=O) groups is 1. The molecule has 5 heteroatoms. The number of amides is 1. The highest BCUT2D eigenvalue weighted by Gasteiger charge is 2.17. The number of hydrogen-bond acceptors (Lipinski definition) is 4. The van der Waals surface area contributed by atoms with Gasteiger partial charge in [-0.05, 0) is 26.1 Å². The zero-order valence-corrected chi connectivity index (χ0v) is 8.36. The lowest BCUT2D eigenvalue weighted by Crippen LogP contribution is -2.45. The molecular weight excluding hydrogens is 182 g/mol. The molecule has 1 aromatic rings. The highest BCUT2D eigenvalue weighted by Crippen LogP contribution is 2.06. The van der Waals surface area contributed by atoms with Crippen molar-refractivity contribution in [2.45, 2.75) is 19.5 Å². The molecule has 5 nitrogen and oxygen atoms in total. The van der Waals surface area contributed by atoms with E-state index in [0.717, 1.165) is 5.76 Å². The van der Waals surface area contributed by atoms with Crippen LogP contribution in [0.5, 0.6) is 0 Å². The largest absolute Gasteiger partial charge is 0.468 e. The summed E-state index contributed by atoms with van der Waals surface area (Å²) in [4.78, 5) is 13.0. The molecule has 1 unspecified atom stereocenters. The molecule has 0 spiro atoms. The first-order valence-electron chi connectivity index (χ1n) is 4.38. The van der Waals surface area contributed by atoms with Crippen LogP contribution < -0.4 is 11.3 Å². The first-order chi connectivity index (χ1) is 6.65. The Morgan fingerprint density at radius 2 is 2.50 bits per heavy atom. The molecule has 0 aliphatic rings. The van der Waals surface area contributed by atoms with E-state index < -0.39 is 0 Å². The Labute approximate surface area is 82.8 Å². The maximum atomic E-state index is 11.2. The van der Waals surface area contributed by atoms with E-state index in [1.165, 1.54) is 0 Å². The average Bonchev–Trinajstić information content (AvgIpc) is 2.68. The number of nitrogens with one attached hydrogen (secondary N) is 1. The smallest absolute Gasteiger partial charge is 0.250 e. The van der Waals surface area contributed by atoms with Gasteiger partial charge in [0.1, 0.15) is 5.76 Å². The lowest BCUT2D eigenvalue weighted by atomic mass is 10.2. The minimum absolute atomic E-state index is 0.209. The Kier molecular flexibility index (Phi) is 3.67. The third-order valence-electron chi connectivity index (χ3n) is 2.17. The van der Waals surface area contributed by atoms with Crippen LogP contribution in [0.1, 0.15) is 12.7 Å². The molecule has 0 fully saturated rings. The number of hydrogen-bond donors (Lipinski definition) is 2. The molecule has 3 N–H and O–H groups in total. The van der Waals surface area contributed by atoms with Gasteiger partial charge in [-0.15, -0.1) is 0 Å². The minimum Gasteiger partial charge on any atom is -0.468 e. The highest BCUT2D eigenvalue weighted by molar-refractivity contribution is 5.80. The fourth-order valence-corrected chi connectivity index (χ4v) is 1.11. The molecule has 0 saturated heterocycles. The van der Waals surface area contributed by atoms with Gasteiger partial charge in [0.2, 0.25) is 0 Å². The summed E-state index contributed by atoms with van der Waals surface area (Å²) in [5.74, 6) is 5.65. The Bertz CT molecular complexity index is 284. The number of hydrazine groups is 1. The van der Waals surface area contributed by atoms with E-state index in [1.54, 1.807) is 13.2 Å². The maximum absolute atomic E-state index is 11.2. The van der Waals surface area contributed by atoms with Crippen molar-refractivity contribution in [3.8, 4) is 0 Å². The van der Waals surface area contributed by atoms with Crippen LogP contribution in [0.4, 0.5) is 0 Å². The predicted octanol–water partition coefficient (Wildman–Crippen LogP) is 0.0898. The van der Waals surface area contributed by atoms with Crippen LogP contribution in [-0.2, 0) is 11.3 Å². The number of carbonyl (C=O) groups excluding carboxylic acids is 1. The number of furan rings is 1. The molecule has 1 heterocycles. The summed E-state index contributed by atoms with van der Waals surface area (Å²) in [5.41, 5.74) is 2.11. The van der Waals surface area contributed by atoms with Crippen molar-refractivity contribution in [1.82, 2.24) is 10.3 Å². The molecule has 78 valence electrons. The molecule has 1 rings (SSSR count). The number of nitrogens with zero attached hydrogens (tertiary/aromatic N) is 1. The van der Waals surface area contributed by atoms with E-state index in [0.29, 0.717) is 6.54 Å². The van der Waals surface area contributed by atoms with Gasteiger partial charge in [-0.1, -0.05) is 0 Å². The molecule has 0 aliphatic carbocycles. The average molecular weight is 197 g/mol. The summed E-state index contributed by atoms with van der Waals surface area (Å²) in [6, 6.07) is 3.41. The van der Waals surface area contributed by atoms with Crippen molar-refractivity contribution in [3.05, 3.63) is 24.2 Å². The molecular formula is C9H15N3O2. The normalized spacial score (nSPS) is 12.9. The lowest BCUT2D eigenvalue weighted by Gasteiger charge is -2.21. The van der Waals surface area contributed by atoms with Gasteiger partial charge in [0.25, 0.3) is 5.91 Å². The van der Waals surface area contributed by atoms with E-state index >= 15 is 0 Å². The van der Waals surface area contributed by atoms with Crippen molar-refractivity contribution in [3.63, 3.8) is 0 Å². The van der Waals surface area contributed by atoms with Gasteiger partial charge in [0, 0.05) is 0 Å². The number of nitrogens with two attached hydrogens (primary N) is 1. The van der Waals surface area contributed by atoms with Crippen LogP contribution in [0.2, 0.25) is 0 Å². The number of rotatable bonds is 4. The molecule has 0 radical (unpaired) electrons. The second-order valence-electron chi connectivity index (χ2n) is 3.18. The molecule has 0 bridgehead atoms. The molecule has 1 amide bonds. The monoisotopic (exact) mass is 197 g/mol. The quantitative estimate of drug-likeness (QED) is 0.407. The molecule has 14 heavy (non-hydrogen) atoms. The second kappa shape index (κ2) is 4.78. The lowest BCUT2D eigenvalue weighted by molar-refractivity contribution is -0.125. The predicted molar refractivity (Wildman–Crippen MR) is 52.0 cm³/mol. The van der Waals surface area contributed by atoms with Crippen LogP contribution in [0, 0.1) is 0 Å². The van der Waals surface area contributed by atoms with Crippen LogP contribution in [-0.4, -0.2) is 23.9 Å². The Balaban J connectivity index is 2.49. The standard InChI is InChI=1S/C9H15N3O2/c1-7(9(13)11-10)12(2)6-8-4-3-5-14-8/h3-5,7H,6,10H2,1-2H3,(H,11,13). The van der Waals surface area contributed by atoms with Crippen LogP contribution >= 0.6 is 0 Å². The summed E-state index contributed by atoms with van der Waals surface area (Å²) in [5, 5.41) is 0. The van der Waals surface area contributed by atoms with Crippen LogP contribution in [0.3, 0.4) is 0 Å². The van der Waals surface area contributed by atoms with Crippen molar-refractivity contribution in [1.29, 1.82) is 0 Å². The van der Waals surface area contributed by atoms with Gasteiger partial charge in [0.15, 0.2) is 0 Å². The zero-order valence-electron chi connectivity index (χ0n) is 8.36. The zero-order chi connectivity index (χ0) is 10.6. The van der Waals surface area contributed by atoms with Crippen molar-refractivity contribution < 1.29 is 9.21 Å². The molecule has 0 saturated carbocycles. The van der Waals surface area contributed by atoms with E-state index in [-0.39, 0.29) is 11.9 Å². The Morgan fingerprint density at radius 1 is 1.79 bits per heavy atom. The third kappa shape index (κ3) is 2.58. The number of likely N-dealkylation sites (N-methyl/N-ethyl adjacent to an activating group) is 1. The summed E-state index contributed by atoms with van der Waals surface area (Å²) < 4.78 is 5.16. The van der Waals surface area contributed by atoms with E-state index in [2.05, 4.69) is 5.43 Å². The maximum Gasteiger partial charge on any atom is 0.250 e. The fourth-order valence-electron chi connectivity index (χ4n) is 1.11. The van der Waals surface area contributed by atoms with Crippen molar-refractivity contribution in [2.75, 3.05) is 7.05 Å². The van der Waals surface area contributed by atoms with Gasteiger partial charge < -0.3 is 4.42 Å². The van der Waals surface area contributed by atoms with Crippen LogP contribution in [0.15, 0.2) is 22.8 Å². The van der Waals surface area contributed by atoms with Gasteiger partial charge in [0.05, 0.1) is 18.8 Å². The van der Waals surface area contributed by atoms with E-state index in [4.69, 9.17) is 10.3 Å². The molecule has 1 atom stereocenters. The first kappa shape index (κ1) is 10.7. The topological polar surface area (TPSA) is 71.5 Å². The van der Waals surface area contributed by atoms with E-state index in [9.17, 15) is 4.79 Å². The van der Waals surface area contributed by atoms with Gasteiger partial charge >= 0.3 is 0 Å². The summed E-state index contributed by atoms with van der Waals surface area (Å²) >= 11 is 0. The molecule has 1 aromatic heterocycles. The van der Waals surface area contributed by atoms with Crippen molar-refractivity contribution in [2.24, 2.45) is 5.84 Å². The van der Waals surface area contributed by atoms with Gasteiger partial charge in [-0.3, -0.25) is 15.1 Å². The SMILES string of the molecule is CC(C(=O)NN)N(C)Cc1ccco1. The second-order valence-corrected chi connectivity index (χ2v) is 3.18. The van der Waals surface area contributed by atoms with Crippen molar-refractivity contribution >= 4 is 5.91 Å². The summed E-state index contributed by atoms with van der Waals surface area (Å²) in [6.07, 6.45) is 1.61. The first-order valence-corrected chi connectivity index (χ1v) is 4.38. The third-order valence-corrected chi connectivity index (χ3v) is 2.17. The summed E-state index contributed by atoms with van der Waals surface area (Å²) in [6.45, 7) is 2.37. The Morgan fingerprint density at radius 3 is 3.00 bits per heavy atom. The van der Waals surface area contributed by atoms with E-state index in [1.807, 2.05) is 24.1 Å². The summed E-state index contributed by atoms with van der Waals surface area (Å²) in [7, 11) is 1.84. The van der Waals surface area contributed by atoms with Gasteiger partial charge in [-0.25, -0.2) is 5.84 Å². The molecule has 0 aromatic carbocycles. The highest BCUT2D eigenvalue weighted by atomic mass is 16.3. The van der Waals surface area contributed by atoms with Gasteiger partial charge in [-0.2, -0.15) is 0 Å². The fraction of sp³-hybridized carbons (Fsp3) is 0.444. The van der Waals surface area contributed by atoms with Crippen LogP contribution in [0.25, 0.3) is 0 Å².